The summed E-state index contributed by atoms with van der Waals surface area (Å²) in [5.41, 5.74) is -0.854. The number of nitro benzene ring substituents is 1. The van der Waals surface area contributed by atoms with Gasteiger partial charge in [0, 0.05) is 17.5 Å². The smallest absolute Gasteiger partial charge is 0.363 e. The van der Waals surface area contributed by atoms with Crippen molar-refractivity contribution in [1.29, 1.82) is 0 Å². The molecule has 3 rings (SSSR count). The third-order valence-electron chi connectivity index (χ3n) is 4.05. The number of non-ortho nitro benzene ring substituents is 1. The van der Waals surface area contributed by atoms with E-state index in [1.165, 1.54) is 0 Å². The lowest BCUT2D eigenvalue weighted by molar-refractivity contribution is -0.385. The predicted octanol–water partition coefficient (Wildman–Crippen LogP) is 5.04. The Morgan fingerprint density at radius 2 is 1.85 bits per heavy atom. The molecule has 0 aliphatic carbocycles. The molecule has 0 aliphatic heterocycles. The number of aromatic nitrogens is 2. The summed E-state index contributed by atoms with van der Waals surface area (Å²) in [6, 6.07) is 9.12. The fraction of sp³-hybridized carbons (Fsp3) is 0.222. The van der Waals surface area contributed by atoms with Crippen molar-refractivity contribution in [3.05, 3.63) is 69.5 Å². The minimum absolute atomic E-state index is 0.136. The Balaban J connectivity index is 2.03. The number of para-hydroxylation sites is 1. The van der Waals surface area contributed by atoms with E-state index >= 15 is 0 Å². The Hall–Kier alpha value is -3.23. The number of benzene rings is 2. The maximum Gasteiger partial charge on any atom is 0.416 e. The van der Waals surface area contributed by atoms with Gasteiger partial charge in [0.1, 0.15) is 11.6 Å². The molecule has 0 saturated heterocycles. The van der Waals surface area contributed by atoms with E-state index in [1.54, 1.807) is 32.0 Å². The van der Waals surface area contributed by atoms with Crippen molar-refractivity contribution in [2.75, 3.05) is 5.32 Å². The van der Waals surface area contributed by atoms with E-state index in [9.17, 15) is 23.3 Å². The fourth-order valence-electron chi connectivity index (χ4n) is 2.74. The molecule has 1 unspecified atom stereocenters. The van der Waals surface area contributed by atoms with Gasteiger partial charge in [0.15, 0.2) is 0 Å². The number of halogens is 3. The molecule has 27 heavy (non-hydrogen) atoms. The summed E-state index contributed by atoms with van der Waals surface area (Å²) in [5, 5.41) is 14.8. The number of nitrogens with one attached hydrogen (secondary N) is 1. The second-order valence-electron chi connectivity index (χ2n) is 6.07. The van der Waals surface area contributed by atoms with E-state index in [2.05, 4.69) is 15.3 Å². The molecule has 0 saturated carbocycles. The van der Waals surface area contributed by atoms with Gasteiger partial charge in [-0.1, -0.05) is 12.1 Å². The standard InChI is InChI=1S/C18H15F3N4O2/c1-10(12-7-13(18(19,20)21)9-14(8-12)25(26)27)22-17-15-5-3-4-6-16(15)23-11(2)24-17/h3-10H,1-2H3,(H,22,23,24). The van der Waals surface area contributed by atoms with Gasteiger partial charge < -0.3 is 5.32 Å². The van der Waals surface area contributed by atoms with Crippen molar-refractivity contribution < 1.29 is 18.1 Å². The number of hydrogen-bond acceptors (Lipinski definition) is 5. The minimum atomic E-state index is -4.68. The third-order valence-corrected chi connectivity index (χ3v) is 4.05. The SMILES string of the molecule is Cc1nc(NC(C)c2cc([N+](=O)[O-])cc(C(F)(F)F)c2)c2ccccc2n1. The van der Waals surface area contributed by atoms with Crippen LogP contribution in [0.3, 0.4) is 0 Å². The second-order valence-corrected chi connectivity index (χ2v) is 6.07. The molecule has 0 radical (unpaired) electrons. The molecule has 1 heterocycles. The zero-order chi connectivity index (χ0) is 19.8. The van der Waals surface area contributed by atoms with E-state index in [-0.39, 0.29) is 5.56 Å². The first-order valence-electron chi connectivity index (χ1n) is 8.01. The molecule has 1 aromatic heterocycles. The zero-order valence-electron chi connectivity index (χ0n) is 14.4. The molecule has 2 aromatic carbocycles. The minimum Gasteiger partial charge on any atom is -0.363 e. The average molecular weight is 376 g/mol. The number of fused-ring (bicyclic) bond motifs is 1. The normalized spacial score (nSPS) is 12.8. The summed E-state index contributed by atoms with van der Waals surface area (Å²) in [4.78, 5) is 18.8. The highest BCUT2D eigenvalue weighted by molar-refractivity contribution is 5.89. The maximum atomic E-state index is 13.1. The lowest BCUT2D eigenvalue weighted by atomic mass is 10.0. The molecule has 1 N–H and O–H groups in total. The van der Waals surface area contributed by atoms with Crippen LogP contribution in [0.1, 0.15) is 29.9 Å². The second kappa shape index (κ2) is 6.82. The molecular formula is C18H15F3N4O2. The van der Waals surface area contributed by atoms with Gasteiger partial charge in [-0.15, -0.1) is 0 Å². The third kappa shape index (κ3) is 3.97. The van der Waals surface area contributed by atoms with Crippen LogP contribution in [0.15, 0.2) is 42.5 Å². The van der Waals surface area contributed by atoms with Crippen LogP contribution in [-0.4, -0.2) is 14.9 Å². The molecule has 0 bridgehead atoms. The van der Waals surface area contributed by atoms with Crippen LogP contribution in [0.25, 0.3) is 10.9 Å². The molecule has 3 aromatic rings. The number of nitro groups is 1. The quantitative estimate of drug-likeness (QED) is 0.510. The van der Waals surface area contributed by atoms with Gasteiger partial charge in [0.05, 0.1) is 22.0 Å². The van der Waals surface area contributed by atoms with Crippen LogP contribution in [-0.2, 0) is 6.18 Å². The van der Waals surface area contributed by atoms with E-state index in [0.717, 1.165) is 12.1 Å². The summed E-state index contributed by atoms with van der Waals surface area (Å²) >= 11 is 0. The largest absolute Gasteiger partial charge is 0.416 e. The lowest BCUT2D eigenvalue weighted by Crippen LogP contribution is -2.12. The first-order valence-corrected chi connectivity index (χ1v) is 8.01. The number of hydrogen-bond donors (Lipinski definition) is 1. The summed E-state index contributed by atoms with van der Waals surface area (Å²) < 4.78 is 39.3. The van der Waals surface area contributed by atoms with Crippen molar-refractivity contribution in [3.8, 4) is 0 Å². The van der Waals surface area contributed by atoms with Gasteiger partial charge in [-0.25, -0.2) is 9.97 Å². The van der Waals surface area contributed by atoms with Gasteiger partial charge >= 0.3 is 6.18 Å². The van der Waals surface area contributed by atoms with E-state index in [0.29, 0.717) is 28.6 Å². The molecule has 0 aliphatic rings. The highest BCUT2D eigenvalue weighted by Gasteiger charge is 2.33. The van der Waals surface area contributed by atoms with Crippen LogP contribution in [0.5, 0.6) is 0 Å². The van der Waals surface area contributed by atoms with Crippen LogP contribution < -0.4 is 5.32 Å². The Morgan fingerprint density at radius 3 is 2.52 bits per heavy atom. The highest BCUT2D eigenvalue weighted by atomic mass is 19.4. The van der Waals surface area contributed by atoms with Crippen molar-refractivity contribution in [1.82, 2.24) is 9.97 Å². The van der Waals surface area contributed by atoms with Gasteiger partial charge in [0.2, 0.25) is 0 Å². The maximum absolute atomic E-state index is 13.1. The number of alkyl halides is 3. The molecule has 140 valence electrons. The first-order chi connectivity index (χ1) is 12.6. The van der Waals surface area contributed by atoms with Crippen LogP contribution in [0.4, 0.5) is 24.7 Å². The van der Waals surface area contributed by atoms with Crippen molar-refractivity contribution in [3.63, 3.8) is 0 Å². The lowest BCUT2D eigenvalue weighted by Gasteiger charge is -2.18. The van der Waals surface area contributed by atoms with Gasteiger partial charge in [0.25, 0.3) is 5.69 Å². The Labute approximate surface area is 152 Å². The monoisotopic (exact) mass is 376 g/mol. The molecule has 0 fully saturated rings. The Kier molecular flexibility index (Phi) is 4.69. The molecular weight excluding hydrogens is 361 g/mol. The van der Waals surface area contributed by atoms with Crippen molar-refractivity contribution in [2.45, 2.75) is 26.1 Å². The van der Waals surface area contributed by atoms with Crippen molar-refractivity contribution >= 4 is 22.4 Å². The molecule has 9 heteroatoms. The topological polar surface area (TPSA) is 81.0 Å². The average Bonchev–Trinajstić information content (AvgIpc) is 2.60. The molecule has 1 atom stereocenters. The number of nitrogens with zero attached hydrogens (tertiary/aromatic N) is 3. The van der Waals surface area contributed by atoms with E-state index in [4.69, 9.17) is 0 Å². The van der Waals surface area contributed by atoms with Gasteiger partial charge in [-0.2, -0.15) is 13.2 Å². The van der Waals surface area contributed by atoms with Gasteiger partial charge in [-0.3, -0.25) is 10.1 Å². The molecule has 0 spiro atoms. The molecule has 0 amide bonds. The van der Waals surface area contributed by atoms with E-state index < -0.39 is 28.4 Å². The summed E-state index contributed by atoms with van der Waals surface area (Å²) in [6.07, 6.45) is -4.68. The molecule has 6 nitrogen and oxygen atoms in total. The van der Waals surface area contributed by atoms with E-state index in [1.807, 2.05) is 6.07 Å². The Bertz CT molecular complexity index is 1020. The van der Waals surface area contributed by atoms with Crippen LogP contribution >= 0.6 is 0 Å². The fourth-order valence-corrected chi connectivity index (χ4v) is 2.74. The van der Waals surface area contributed by atoms with Gasteiger partial charge in [-0.05, 0) is 37.6 Å². The zero-order valence-corrected chi connectivity index (χ0v) is 14.4. The summed E-state index contributed by atoms with van der Waals surface area (Å²) in [6.45, 7) is 3.32. The summed E-state index contributed by atoms with van der Waals surface area (Å²) in [5.74, 6) is 0.948. The highest BCUT2D eigenvalue weighted by Crippen LogP contribution is 2.35. The predicted molar refractivity (Wildman–Crippen MR) is 94.4 cm³/mol. The number of aryl methyl sites for hydroxylation is 1. The summed E-state index contributed by atoms with van der Waals surface area (Å²) in [7, 11) is 0. The van der Waals surface area contributed by atoms with Crippen LogP contribution in [0, 0.1) is 17.0 Å². The Morgan fingerprint density at radius 1 is 1.15 bits per heavy atom. The van der Waals surface area contributed by atoms with Crippen molar-refractivity contribution in [2.24, 2.45) is 0 Å². The van der Waals surface area contributed by atoms with Crippen LogP contribution in [0.2, 0.25) is 0 Å². The first kappa shape index (κ1) is 18.6. The number of anilines is 1. The number of rotatable bonds is 4.